The molecule has 0 saturated heterocycles. The largest absolute Gasteiger partial charge is 0.294 e. The van der Waals surface area contributed by atoms with Crippen LogP contribution in [0.5, 0.6) is 0 Å². The number of rotatable bonds is 4. The Labute approximate surface area is 159 Å². The van der Waals surface area contributed by atoms with Crippen molar-refractivity contribution >= 4 is 17.5 Å². The van der Waals surface area contributed by atoms with E-state index in [0.29, 0.717) is 5.78 Å². The Balaban J connectivity index is 1.71. The van der Waals surface area contributed by atoms with E-state index in [2.05, 4.69) is 61.5 Å². The average Bonchev–Trinajstić information content (AvgIpc) is 2.69. The molecule has 3 aromatic carbocycles. The molecule has 0 N–H and O–H groups in total. The Morgan fingerprint density at radius 3 is 2.35 bits per heavy atom. The molecule has 0 bridgehead atoms. The number of carbonyl (C=O) groups excluding carboxylic acids is 1. The average molecular weight is 359 g/mol. The van der Waals surface area contributed by atoms with Gasteiger partial charge in [0, 0.05) is 21.6 Å². The number of hydrogen-bond acceptors (Lipinski definition) is 2. The topological polar surface area (TPSA) is 17.1 Å². The number of aryl methyl sites for hydroxylation is 2. The predicted molar refractivity (Wildman–Crippen MR) is 109 cm³/mol. The van der Waals surface area contributed by atoms with Crippen LogP contribution in [-0.4, -0.2) is 5.78 Å². The SMILES string of the molecule is Cc1ccc([C@H](Sc2ccccc2)[C@@H]2CCc3ccccc3C2=O)cc1. The van der Waals surface area contributed by atoms with Crippen LogP contribution in [0.1, 0.15) is 38.7 Å². The van der Waals surface area contributed by atoms with Crippen LogP contribution in [0.15, 0.2) is 83.8 Å². The number of thioether (sulfide) groups is 1. The highest BCUT2D eigenvalue weighted by atomic mass is 32.2. The van der Waals surface area contributed by atoms with Gasteiger partial charge in [-0.15, -0.1) is 11.8 Å². The summed E-state index contributed by atoms with van der Waals surface area (Å²) in [5, 5.41) is 0.138. The summed E-state index contributed by atoms with van der Waals surface area (Å²) in [7, 11) is 0. The highest BCUT2D eigenvalue weighted by Gasteiger charge is 2.34. The second-order valence-corrected chi connectivity index (χ2v) is 8.14. The molecule has 0 amide bonds. The summed E-state index contributed by atoms with van der Waals surface area (Å²) >= 11 is 1.81. The quantitative estimate of drug-likeness (QED) is 0.511. The molecular formula is C24H22OS. The van der Waals surface area contributed by atoms with Crippen LogP contribution >= 0.6 is 11.8 Å². The third-order valence-electron chi connectivity index (χ3n) is 5.12. The molecule has 0 fully saturated rings. The van der Waals surface area contributed by atoms with E-state index >= 15 is 0 Å². The zero-order valence-corrected chi connectivity index (χ0v) is 15.7. The zero-order valence-electron chi connectivity index (χ0n) is 14.9. The van der Waals surface area contributed by atoms with Crippen molar-refractivity contribution in [3.05, 3.63) is 101 Å². The first-order chi connectivity index (χ1) is 12.7. The van der Waals surface area contributed by atoms with Gasteiger partial charge in [-0.25, -0.2) is 0 Å². The van der Waals surface area contributed by atoms with Gasteiger partial charge in [-0.3, -0.25) is 4.79 Å². The molecule has 130 valence electrons. The van der Waals surface area contributed by atoms with Crippen molar-refractivity contribution in [3.63, 3.8) is 0 Å². The first-order valence-corrected chi connectivity index (χ1v) is 10.0. The van der Waals surface area contributed by atoms with Gasteiger partial charge in [0.15, 0.2) is 5.78 Å². The third-order valence-corrected chi connectivity index (χ3v) is 6.52. The fourth-order valence-electron chi connectivity index (χ4n) is 3.69. The molecule has 2 heteroatoms. The van der Waals surface area contributed by atoms with Gasteiger partial charge in [0.25, 0.3) is 0 Å². The number of carbonyl (C=O) groups is 1. The monoisotopic (exact) mass is 358 g/mol. The van der Waals surface area contributed by atoms with Crippen LogP contribution in [0.4, 0.5) is 0 Å². The molecular weight excluding hydrogens is 336 g/mol. The Morgan fingerprint density at radius 1 is 0.885 bits per heavy atom. The summed E-state index contributed by atoms with van der Waals surface area (Å²) in [6.07, 6.45) is 1.89. The van der Waals surface area contributed by atoms with Gasteiger partial charge < -0.3 is 0 Å². The van der Waals surface area contributed by atoms with Gasteiger partial charge in [0.05, 0.1) is 0 Å². The van der Waals surface area contributed by atoms with Crippen LogP contribution in [0.3, 0.4) is 0 Å². The summed E-state index contributed by atoms with van der Waals surface area (Å²) in [6.45, 7) is 2.10. The first kappa shape index (κ1) is 17.1. The number of benzene rings is 3. The number of ketones is 1. The van der Waals surface area contributed by atoms with Gasteiger partial charge in [-0.1, -0.05) is 72.3 Å². The third kappa shape index (κ3) is 3.47. The summed E-state index contributed by atoms with van der Waals surface area (Å²) in [5.74, 6) is 0.304. The van der Waals surface area contributed by atoms with Crippen molar-refractivity contribution in [2.45, 2.75) is 29.9 Å². The molecule has 0 aromatic heterocycles. The second-order valence-electron chi connectivity index (χ2n) is 6.93. The van der Waals surface area contributed by atoms with Gasteiger partial charge >= 0.3 is 0 Å². The number of fused-ring (bicyclic) bond motifs is 1. The lowest BCUT2D eigenvalue weighted by Gasteiger charge is -2.30. The summed E-state index contributed by atoms with van der Waals surface area (Å²) in [4.78, 5) is 14.5. The highest BCUT2D eigenvalue weighted by molar-refractivity contribution is 7.99. The molecule has 4 rings (SSSR count). The van der Waals surface area contributed by atoms with E-state index in [9.17, 15) is 4.79 Å². The van der Waals surface area contributed by atoms with E-state index in [1.807, 2.05) is 36.0 Å². The summed E-state index contributed by atoms with van der Waals surface area (Å²) in [6, 6.07) is 27.2. The Morgan fingerprint density at radius 2 is 1.58 bits per heavy atom. The van der Waals surface area contributed by atoms with Crippen molar-refractivity contribution in [2.24, 2.45) is 5.92 Å². The summed E-state index contributed by atoms with van der Waals surface area (Å²) < 4.78 is 0. The van der Waals surface area contributed by atoms with Crippen molar-refractivity contribution < 1.29 is 4.79 Å². The van der Waals surface area contributed by atoms with Crippen molar-refractivity contribution in [1.29, 1.82) is 0 Å². The van der Waals surface area contributed by atoms with Crippen LogP contribution in [0.25, 0.3) is 0 Å². The van der Waals surface area contributed by atoms with Crippen LogP contribution in [0, 0.1) is 12.8 Å². The lowest BCUT2D eigenvalue weighted by molar-refractivity contribution is 0.0899. The Bertz CT molecular complexity index is 899. The van der Waals surface area contributed by atoms with Crippen LogP contribution < -0.4 is 0 Å². The Hall–Kier alpha value is -2.32. The molecule has 0 unspecified atom stereocenters. The molecule has 3 aromatic rings. The van der Waals surface area contributed by atoms with E-state index in [1.54, 1.807) is 0 Å². The minimum absolute atomic E-state index is 0.0119. The minimum atomic E-state index is 0.0119. The van der Waals surface area contributed by atoms with Gasteiger partial charge in [-0.05, 0) is 43.0 Å². The van der Waals surface area contributed by atoms with E-state index in [-0.39, 0.29) is 11.2 Å². The lowest BCUT2D eigenvalue weighted by atomic mass is 9.79. The molecule has 1 aliphatic rings. The molecule has 0 saturated carbocycles. The molecule has 26 heavy (non-hydrogen) atoms. The van der Waals surface area contributed by atoms with E-state index < -0.39 is 0 Å². The number of Topliss-reactive ketones (excluding diaryl/α,β-unsaturated/α-hetero) is 1. The fourth-order valence-corrected chi connectivity index (χ4v) is 5.02. The van der Waals surface area contributed by atoms with Gasteiger partial charge in [0.1, 0.15) is 0 Å². The highest BCUT2D eigenvalue weighted by Crippen LogP contribution is 2.45. The smallest absolute Gasteiger partial charge is 0.167 e. The Kier molecular flexibility index (Phi) is 4.94. The molecule has 0 aliphatic heterocycles. The maximum Gasteiger partial charge on any atom is 0.167 e. The van der Waals surface area contributed by atoms with Crippen LogP contribution in [0.2, 0.25) is 0 Å². The van der Waals surface area contributed by atoms with Crippen molar-refractivity contribution in [3.8, 4) is 0 Å². The number of hydrogen-bond donors (Lipinski definition) is 0. The maximum atomic E-state index is 13.3. The minimum Gasteiger partial charge on any atom is -0.294 e. The van der Waals surface area contributed by atoms with Crippen molar-refractivity contribution in [2.75, 3.05) is 0 Å². The van der Waals surface area contributed by atoms with Crippen LogP contribution in [-0.2, 0) is 6.42 Å². The molecule has 0 radical (unpaired) electrons. The normalized spacial score (nSPS) is 17.6. The summed E-state index contributed by atoms with van der Waals surface area (Å²) in [5.41, 5.74) is 4.59. The first-order valence-electron chi connectivity index (χ1n) is 9.13. The fraction of sp³-hybridized carbons (Fsp3) is 0.208. The molecule has 1 aliphatic carbocycles. The van der Waals surface area contributed by atoms with E-state index in [4.69, 9.17) is 0 Å². The lowest BCUT2D eigenvalue weighted by Crippen LogP contribution is -2.27. The zero-order chi connectivity index (χ0) is 17.9. The van der Waals surface area contributed by atoms with Crippen molar-refractivity contribution in [1.82, 2.24) is 0 Å². The molecule has 0 heterocycles. The van der Waals surface area contributed by atoms with Gasteiger partial charge in [0.2, 0.25) is 0 Å². The van der Waals surface area contributed by atoms with E-state index in [1.165, 1.54) is 21.6 Å². The molecule has 0 spiro atoms. The second kappa shape index (κ2) is 7.51. The standard InChI is InChI=1S/C24H22OS/c1-17-11-13-19(14-12-17)24(26-20-8-3-2-4-9-20)22-16-15-18-7-5-6-10-21(18)23(22)25/h2-14,22,24H,15-16H2,1H3/t22-,24+/m1/s1. The molecule has 1 nitrogen and oxygen atoms in total. The molecule has 2 atom stereocenters. The predicted octanol–water partition coefficient (Wildman–Crippen LogP) is 6.27. The van der Waals surface area contributed by atoms with Gasteiger partial charge in [-0.2, -0.15) is 0 Å². The maximum absolute atomic E-state index is 13.3. The van der Waals surface area contributed by atoms with E-state index in [0.717, 1.165) is 18.4 Å².